The Kier molecular flexibility index (Phi) is 20.3. The van der Waals surface area contributed by atoms with Gasteiger partial charge in [0.25, 0.3) is 0 Å². The summed E-state index contributed by atoms with van der Waals surface area (Å²) in [5.41, 5.74) is 1.41. The second-order valence-electron chi connectivity index (χ2n) is 6.16. The third kappa shape index (κ3) is 16.4. The van der Waals surface area contributed by atoms with Gasteiger partial charge in [-0.25, -0.2) is 18.6 Å². The SMILES string of the molecule is [CH2-]/C=C(\C)CN(CCCCCCC)CCCCCCC.[Li+]. The van der Waals surface area contributed by atoms with Crippen molar-refractivity contribution in [3.05, 3.63) is 18.6 Å². The predicted molar refractivity (Wildman–Crippen MR) is 93.1 cm³/mol. The van der Waals surface area contributed by atoms with E-state index in [1.807, 2.05) is 6.08 Å². The number of rotatable bonds is 14. The molecule has 0 amide bonds. The summed E-state index contributed by atoms with van der Waals surface area (Å²) in [6, 6.07) is 0. The molecule has 0 heterocycles. The molecule has 0 spiro atoms. The Labute approximate surface area is 147 Å². The van der Waals surface area contributed by atoms with Crippen molar-refractivity contribution in [3.8, 4) is 0 Å². The van der Waals surface area contributed by atoms with Gasteiger partial charge >= 0.3 is 18.9 Å². The summed E-state index contributed by atoms with van der Waals surface area (Å²) in [5.74, 6) is 0. The normalized spacial score (nSPS) is 11.7. The molecule has 0 bridgehead atoms. The van der Waals surface area contributed by atoms with E-state index in [1.54, 1.807) is 0 Å². The number of nitrogens with zero attached hydrogens (tertiary/aromatic N) is 1. The Balaban J connectivity index is 0. The van der Waals surface area contributed by atoms with Crippen LogP contribution in [0.5, 0.6) is 0 Å². The molecule has 0 unspecified atom stereocenters. The molecule has 21 heavy (non-hydrogen) atoms. The van der Waals surface area contributed by atoms with Gasteiger partial charge in [0.1, 0.15) is 0 Å². The van der Waals surface area contributed by atoms with Gasteiger partial charge in [-0.05, 0) is 32.5 Å². The van der Waals surface area contributed by atoms with E-state index >= 15 is 0 Å². The monoisotopic (exact) mass is 287 g/mol. The molecule has 0 fully saturated rings. The largest absolute Gasteiger partial charge is 1.00 e. The minimum absolute atomic E-state index is 0. The van der Waals surface area contributed by atoms with Crippen LogP contribution >= 0.6 is 0 Å². The summed E-state index contributed by atoms with van der Waals surface area (Å²) >= 11 is 0. The van der Waals surface area contributed by atoms with Crippen LogP contribution < -0.4 is 18.9 Å². The zero-order chi connectivity index (χ0) is 15.1. The molecule has 0 saturated carbocycles. The van der Waals surface area contributed by atoms with E-state index < -0.39 is 0 Å². The number of allylic oxidation sites excluding steroid dienone is 1. The van der Waals surface area contributed by atoms with E-state index in [9.17, 15) is 0 Å². The average Bonchev–Trinajstić information content (AvgIpc) is 2.46. The topological polar surface area (TPSA) is 3.24 Å². The summed E-state index contributed by atoms with van der Waals surface area (Å²) in [5, 5.41) is 0. The van der Waals surface area contributed by atoms with Gasteiger partial charge in [0.05, 0.1) is 0 Å². The average molecular weight is 287 g/mol. The first-order valence-electron chi connectivity index (χ1n) is 8.91. The maximum absolute atomic E-state index is 3.89. The molecule has 0 aromatic carbocycles. The molecule has 0 aliphatic heterocycles. The van der Waals surface area contributed by atoms with E-state index in [0.717, 1.165) is 6.54 Å². The van der Waals surface area contributed by atoms with Gasteiger partial charge in [-0.2, -0.15) is 0 Å². The standard InChI is InChI=1S/C19H38N.Li/c1-5-8-10-12-14-16-20(18-19(4)7-3)17-15-13-11-9-6-2;/h7H,3,5-6,8-18H2,1-2,4H3;/q-1;+1/b19-7+;. The molecule has 2 heteroatoms. The second kappa shape index (κ2) is 18.2. The Morgan fingerprint density at radius 1 is 0.810 bits per heavy atom. The third-order valence-corrected chi connectivity index (χ3v) is 3.98. The Hall–Kier alpha value is 0.167. The Bertz CT molecular complexity index is 212. The van der Waals surface area contributed by atoms with Crippen molar-refractivity contribution in [2.75, 3.05) is 19.6 Å². The summed E-state index contributed by atoms with van der Waals surface area (Å²) in [6.07, 6.45) is 15.8. The molecule has 0 saturated heterocycles. The van der Waals surface area contributed by atoms with E-state index in [1.165, 1.54) is 82.9 Å². The summed E-state index contributed by atoms with van der Waals surface area (Å²) in [4.78, 5) is 2.63. The molecule has 0 N–H and O–H groups in total. The Morgan fingerprint density at radius 2 is 1.24 bits per heavy atom. The molecule has 0 aliphatic rings. The predicted octanol–water partition coefficient (Wildman–Crippen LogP) is 3.01. The van der Waals surface area contributed by atoms with Crippen LogP contribution in [0.25, 0.3) is 0 Å². The third-order valence-electron chi connectivity index (χ3n) is 3.98. The van der Waals surface area contributed by atoms with Crippen molar-refractivity contribution >= 4 is 0 Å². The molecule has 0 aromatic heterocycles. The zero-order valence-corrected chi connectivity index (χ0v) is 15.4. The van der Waals surface area contributed by atoms with Gasteiger partial charge in [0.15, 0.2) is 0 Å². The fourth-order valence-corrected chi connectivity index (χ4v) is 2.57. The van der Waals surface area contributed by atoms with Crippen molar-refractivity contribution in [2.45, 2.75) is 85.0 Å². The van der Waals surface area contributed by atoms with Crippen LogP contribution in [0.4, 0.5) is 0 Å². The van der Waals surface area contributed by atoms with E-state index in [2.05, 4.69) is 32.6 Å². The van der Waals surface area contributed by atoms with Crippen molar-refractivity contribution < 1.29 is 18.9 Å². The zero-order valence-electron chi connectivity index (χ0n) is 15.4. The van der Waals surface area contributed by atoms with Gasteiger partial charge in [-0.1, -0.05) is 65.2 Å². The van der Waals surface area contributed by atoms with Gasteiger partial charge in [-0.15, -0.1) is 6.92 Å². The quantitative estimate of drug-likeness (QED) is 0.270. The first-order valence-corrected chi connectivity index (χ1v) is 8.91. The van der Waals surface area contributed by atoms with E-state index in [4.69, 9.17) is 0 Å². The van der Waals surface area contributed by atoms with Gasteiger partial charge < -0.3 is 4.90 Å². The van der Waals surface area contributed by atoms with Crippen LogP contribution in [0, 0.1) is 6.92 Å². The van der Waals surface area contributed by atoms with Crippen LogP contribution in [0.1, 0.15) is 85.0 Å². The van der Waals surface area contributed by atoms with Crippen LogP contribution in [0.3, 0.4) is 0 Å². The van der Waals surface area contributed by atoms with Crippen molar-refractivity contribution in [3.63, 3.8) is 0 Å². The first kappa shape index (κ1) is 23.4. The van der Waals surface area contributed by atoms with Crippen molar-refractivity contribution in [1.29, 1.82) is 0 Å². The van der Waals surface area contributed by atoms with E-state index in [-0.39, 0.29) is 18.9 Å². The van der Waals surface area contributed by atoms with Crippen molar-refractivity contribution in [2.24, 2.45) is 0 Å². The number of hydrogen-bond donors (Lipinski definition) is 0. The summed E-state index contributed by atoms with van der Waals surface area (Å²) in [6.45, 7) is 14.3. The molecule has 120 valence electrons. The number of hydrogen-bond acceptors (Lipinski definition) is 1. The molecule has 0 atom stereocenters. The minimum atomic E-state index is 0. The molecular weight excluding hydrogens is 249 g/mol. The Morgan fingerprint density at radius 3 is 1.62 bits per heavy atom. The van der Waals surface area contributed by atoms with Crippen LogP contribution in [0.2, 0.25) is 0 Å². The smallest absolute Gasteiger partial charge is 0.316 e. The maximum Gasteiger partial charge on any atom is 1.00 e. The molecule has 0 aromatic rings. The molecule has 0 radical (unpaired) electrons. The van der Waals surface area contributed by atoms with Crippen molar-refractivity contribution in [1.82, 2.24) is 4.90 Å². The summed E-state index contributed by atoms with van der Waals surface area (Å²) in [7, 11) is 0. The minimum Gasteiger partial charge on any atom is -0.316 e. The molecule has 0 aliphatic carbocycles. The van der Waals surface area contributed by atoms with Gasteiger partial charge in [-0.3, -0.25) is 0 Å². The molecular formula is C19H38LiN. The summed E-state index contributed by atoms with van der Waals surface area (Å²) < 4.78 is 0. The second-order valence-corrected chi connectivity index (χ2v) is 6.16. The van der Waals surface area contributed by atoms with Gasteiger partial charge in [0, 0.05) is 0 Å². The number of unbranched alkanes of at least 4 members (excludes halogenated alkanes) is 8. The molecule has 1 nitrogen and oxygen atoms in total. The van der Waals surface area contributed by atoms with Crippen LogP contribution in [0.15, 0.2) is 11.6 Å². The maximum atomic E-state index is 3.89. The van der Waals surface area contributed by atoms with Gasteiger partial charge in [0.2, 0.25) is 0 Å². The fraction of sp³-hybridized carbons (Fsp3) is 0.842. The molecule has 0 rings (SSSR count). The fourth-order valence-electron chi connectivity index (χ4n) is 2.57. The van der Waals surface area contributed by atoms with Crippen LogP contribution in [-0.4, -0.2) is 24.5 Å². The van der Waals surface area contributed by atoms with E-state index in [0.29, 0.717) is 0 Å². The van der Waals surface area contributed by atoms with Crippen LogP contribution in [-0.2, 0) is 0 Å². The first-order chi connectivity index (χ1) is 9.74.